The highest BCUT2D eigenvalue weighted by molar-refractivity contribution is 8.32. The van der Waals surface area contributed by atoms with Crippen molar-refractivity contribution in [3.05, 3.63) is 23.3 Å². The van der Waals surface area contributed by atoms with Crippen molar-refractivity contribution in [2.45, 2.75) is 42.0 Å². The zero-order valence-corrected chi connectivity index (χ0v) is 16.7. The predicted octanol–water partition coefficient (Wildman–Crippen LogP) is 5.12. The van der Waals surface area contributed by atoms with Crippen molar-refractivity contribution in [1.82, 2.24) is 0 Å². The lowest BCUT2D eigenvalue weighted by molar-refractivity contribution is -0.382. The molecule has 0 amide bonds. The van der Waals surface area contributed by atoms with E-state index in [1.807, 2.05) is 0 Å². The van der Waals surface area contributed by atoms with Crippen LogP contribution in [0, 0.1) is 13.8 Å². The molecule has 1 rings (SSSR count). The van der Waals surface area contributed by atoms with Crippen molar-refractivity contribution in [3.8, 4) is 5.75 Å². The monoisotopic (exact) mass is 482 g/mol. The molecule has 0 aliphatic rings. The first kappa shape index (κ1) is 25.7. The van der Waals surface area contributed by atoms with Crippen molar-refractivity contribution < 1.29 is 56.7 Å². The van der Waals surface area contributed by atoms with E-state index in [0.717, 1.165) is 24.6 Å². The molecule has 15 heteroatoms. The number of rotatable bonds is 6. The van der Waals surface area contributed by atoms with Crippen molar-refractivity contribution in [3.63, 3.8) is 0 Å². The molecule has 29 heavy (non-hydrogen) atoms. The van der Waals surface area contributed by atoms with E-state index in [9.17, 15) is 53.0 Å². The zero-order chi connectivity index (χ0) is 23.4. The van der Waals surface area contributed by atoms with Crippen LogP contribution in [0.25, 0.3) is 0 Å². The van der Waals surface area contributed by atoms with Crippen LogP contribution in [0.3, 0.4) is 0 Å². The van der Waals surface area contributed by atoms with Crippen LogP contribution in [-0.4, -0.2) is 49.3 Å². The third kappa shape index (κ3) is 4.13. The van der Waals surface area contributed by atoms with E-state index in [0.29, 0.717) is 0 Å². The van der Waals surface area contributed by atoms with Crippen LogP contribution in [0.15, 0.2) is 17.0 Å². The van der Waals surface area contributed by atoms with Gasteiger partial charge in [-0.3, -0.25) is 0 Å². The number of halogens is 9. The Labute approximate surface area is 161 Å². The van der Waals surface area contributed by atoms with E-state index in [4.69, 9.17) is 0 Å². The van der Waals surface area contributed by atoms with E-state index >= 15 is 0 Å². The Morgan fingerprint density at radius 2 is 1.21 bits per heavy atom. The van der Waals surface area contributed by atoms with Gasteiger partial charge in [0, 0.05) is 4.90 Å². The summed E-state index contributed by atoms with van der Waals surface area (Å²) in [6.45, 7) is 2.64. The molecule has 1 aromatic rings. The summed E-state index contributed by atoms with van der Waals surface area (Å²) in [4.78, 5) is -0.185. The van der Waals surface area contributed by atoms with Gasteiger partial charge in [0.15, 0.2) is 0 Å². The maximum Gasteiger partial charge on any atom is 0.460 e. The Bertz CT molecular complexity index is 870. The minimum Gasteiger partial charge on any atom is -0.507 e. The first-order valence-electron chi connectivity index (χ1n) is 7.22. The number of hydrogen-bond acceptors (Lipinski definition) is 4. The summed E-state index contributed by atoms with van der Waals surface area (Å²) in [5.74, 6) is -15.0. The molecule has 0 aliphatic heterocycles. The molecule has 1 N–H and O–H groups in total. The maximum absolute atomic E-state index is 13.8. The summed E-state index contributed by atoms with van der Waals surface area (Å²) >= 11 is 0. The number of alkyl halides is 9. The number of aromatic hydroxyl groups is 1. The van der Waals surface area contributed by atoms with Crippen molar-refractivity contribution in [2.75, 3.05) is 12.5 Å². The fraction of sp³-hybridized carbons (Fsp3) is 0.571. The molecule has 4 nitrogen and oxygen atoms in total. The van der Waals surface area contributed by atoms with Crippen LogP contribution in [-0.2, 0) is 13.7 Å². The van der Waals surface area contributed by atoms with E-state index in [1.165, 1.54) is 13.8 Å². The van der Waals surface area contributed by atoms with Crippen LogP contribution in [0.2, 0.25) is 0 Å². The van der Waals surface area contributed by atoms with E-state index in [-0.39, 0.29) is 21.8 Å². The molecule has 0 radical (unpaired) electrons. The molecule has 0 spiro atoms. The molecule has 0 saturated heterocycles. The minimum absolute atomic E-state index is 0.113. The molecule has 0 unspecified atom stereocenters. The van der Waals surface area contributed by atoms with Gasteiger partial charge in [-0.1, -0.05) is 10.3 Å². The molecule has 0 aromatic heterocycles. The van der Waals surface area contributed by atoms with Crippen molar-refractivity contribution in [1.29, 1.82) is 0 Å². The largest absolute Gasteiger partial charge is 0.507 e. The van der Waals surface area contributed by atoms with Gasteiger partial charge in [-0.15, -0.1) is 0 Å². The van der Waals surface area contributed by atoms with Gasteiger partial charge >= 0.3 is 33.4 Å². The summed E-state index contributed by atoms with van der Waals surface area (Å²) < 4.78 is 144. The highest BCUT2D eigenvalue weighted by atomic mass is 32.3. The lowest BCUT2D eigenvalue weighted by Gasteiger charge is -2.36. The third-order valence-corrected chi connectivity index (χ3v) is 8.05. The SMILES string of the molecule is Cc1cc(S(C)(C)OS(=O)(=O)C(F)(F)C(F)(F)C(F)(F)C(F)(F)F)cc(C)c1O. The molecule has 0 heterocycles. The average Bonchev–Trinajstić information content (AvgIpc) is 2.49. The molecule has 0 bridgehead atoms. The molecule has 0 fully saturated rings. The van der Waals surface area contributed by atoms with Gasteiger partial charge in [-0.25, -0.2) is 3.63 Å². The molecule has 0 atom stereocenters. The van der Waals surface area contributed by atoms with Crippen molar-refractivity contribution in [2.24, 2.45) is 0 Å². The molecule has 0 aliphatic carbocycles. The van der Waals surface area contributed by atoms with Gasteiger partial charge in [0.05, 0.1) is 0 Å². The quantitative estimate of drug-likeness (QED) is 0.572. The second kappa shape index (κ2) is 7.11. The van der Waals surface area contributed by atoms with Gasteiger partial charge in [0.2, 0.25) is 0 Å². The Kier molecular flexibility index (Phi) is 6.30. The topological polar surface area (TPSA) is 63.6 Å². The summed E-state index contributed by atoms with van der Waals surface area (Å²) in [7, 11) is -10.4. The van der Waals surface area contributed by atoms with Gasteiger partial charge in [-0.2, -0.15) is 47.9 Å². The standard InChI is InChI=1S/C14H15F9O4S2/c1-7-5-9(6-8(2)10(7)24)28(3,4)27-29(25,26)14(22,23)12(17,18)11(15,16)13(19,20)21/h5-6,24H,1-4H3. The van der Waals surface area contributed by atoms with Crippen LogP contribution in [0.4, 0.5) is 39.5 Å². The van der Waals surface area contributed by atoms with Crippen LogP contribution < -0.4 is 0 Å². The fourth-order valence-corrected chi connectivity index (χ4v) is 5.83. The normalized spacial score (nSPS) is 15.5. The van der Waals surface area contributed by atoms with E-state index in [2.05, 4.69) is 3.63 Å². The van der Waals surface area contributed by atoms with E-state index < -0.39 is 43.7 Å². The van der Waals surface area contributed by atoms with Gasteiger partial charge in [-0.05, 0) is 49.6 Å². The average molecular weight is 482 g/mol. The van der Waals surface area contributed by atoms with Gasteiger partial charge in [0.1, 0.15) is 5.75 Å². The second-order valence-corrected chi connectivity index (χ2v) is 11.2. The Morgan fingerprint density at radius 1 is 0.828 bits per heavy atom. The molecule has 170 valence electrons. The van der Waals surface area contributed by atoms with Crippen LogP contribution in [0.5, 0.6) is 5.75 Å². The lowest BCUT2D eigenvalue weighted by Crippen LogP contribution is -2.63. The second-order valence-electron chi connectivity index (χ2n) is 6.32. The Hall–Kier alpha value is -1.35. The number of phenols is 1. The summed E-state index contributed by atoms with van der Waals surface area (Å²) in [5, 5.41) is 2.75. The van der Waals surface area contributed by atoms with Crippen LogP contribution in [0.1, 0.15) is 11.1 Å². The zero-order valence-electron chi connectivity index (χ0n) is 15.0. The summed E-state index contributed by atoms with van der Waals surface area (Å²) in [6, 6.07) is 2.13. The predicted molar refractivity (Wildman–Crippen MR) is 86.2 cm³/mol. The highest BCUT2D eigenvalue weighted by Crippen LogP contribution is 2.59. The lowest BCUT2D eigenvalue weighted by atomic mass is 10.1. The Morgan fingerprint density at radius 3 is 1.55 bits per heavy atom. The first-order chi connectivity index (χ1) is 12.5. The minimum atomic E-state index is -7.37. The number of phenolic OH excluding ortho intramolecular Hbond substituents is 1. The molecule has 0 saturated carbocycles. The number of benzene rings is 1. The smallest absolute Gasteiger partial charge is 0.460 e. The van der Waals surface area contributed by atoms with E-state index in [1.54, 1.807) is 0 Å². The summed E-state index contributed by atoms with van der Waals surface area (Å²) in [6.07, 6.45) is -5.46. The summed E-state index contributed by atoms with van der Waals surface area (Å²) in [5.41, 5.74) is 0.226. The third-order valence-electron chi connectivity index (χ3n) is 3.72. The number of hydrogen-bond donors (Lipinski definition) is 1. The van der Waals surface area contributed by atoms with Gasteiger partial charge < -0.3 is 5.11 Å². The maximum atomic E-state index is 13.8. The number of aryl methyl sites for hydroxylation is 2. The van der Waals surface area contributed by atoms with Gasteiger partial charge in [0.25, 0.3) is 0 Å². The molecular weight excluding hydrogens is 467 g/mol. The Balaban J connectivity index is 3.47. The molecular formula is C14H15F9O4S2. The fourth-order valence-electron chi connectivity index (χ4n) is 2.02. The highest BCUT2D eigenvalue weighted by Gasteiger charge is 2.86. The first-order valence-corrected chi connectivity index (χ1v) is 11.0. The van der Waals surface area contributed by atoms with Crippen LogP contribution >= 0.6 is 10.3 Å². The molecule has 1 aromatic carbocycles. The van der Waals surface area contributed by atoms with Crippen molar-refractivity contribution >= 4 is 20.4 Å².